The number of benzene rings is 2. The van der Waals surface area contributed by atoms with Gasteiger partial charge >= 0.3 is 6.18 Å². The third-order valence-corrected chi connectivity index (χ3v) is 6.12. The summed E-state index contributed by atoms with van der Waals surface area (Å²) in [5, 5.41) is 2.94. The highest BCUT2D eigenvalue weighted by Gasteiger charge is 2.44. The maximum atomic E-state index is 13.3. The Labute approximate surface area is 179 Å². The van der Waals surface area contributed by atoms with Crippen LogP contribution >= 0.6 is 0 Å². The Morgan fingerprint density at radius 3 is 2.45 bits per heavy atom. The van der Waals surface area contributed by atoms with E-state index < -0.39 is 17.2 Å². The number of alkyl halides is 3. The van der Waals surface area contributed by atoms with E-state index in [4.69, 9.17) is 0 Å². The summed E-state index contributed by atoms with van der Waals surface area (Å²) in [5.74, 6) is 0.671. The van der Waals surface area contributed by atoms with Crippen LogP contribution in [-0.4, -0.2) is 15.5 Å². The van der Waals surface area contributed by atoms with Crippen LogP contribution < -0.4 is 5.32 Å². The van der Waals surface area contributed by atoms with Crippen LogP contribution in [0.2, 0.25) is 0 Å². The first-order valence-corrected chi connectivity index (χ1v) is 10.3. The van der Waals surface area contributed by atoms with Crippen LogP contribution in [0.4, 0.5) is 18.9 Å². The standard InChI is InChI=1S/C24H24F3N3O/c1-17-28-13-14-30(17)16-18-7-9-21(10-8-18)29-22(31)23(11-2-3-12-23)19-5-4-6-20(15-19)24(25,26)27/h4-10,13-15H,2-3,11-12,16H2,1H3,(H,29,31). The summed E-state index contributed by atoms with van der Waals surface area (Å²) in [6.07, 6.45) is 1.92. The second-order valence-electron chi connectivity index (χ2n) is 8.12. The molecular weight excluding hydrogens is 403 g/mol. The lowest BCUT2D eigenvalue weighted by atomic mass is 9.77. The molecule has 1 fully saturated rings. The first kappa shape index (κ1) is 21.2. The summed E-state index contributed by atoms with van der Waals surface area (Å²) in [4.78, 5) is 17.5. The molecule has 1 aromatic heterocycles. The molecule has 1 amide bonds. The minimum Gasteiger partial charge on any atom is -0.331 e. The Balaban J connectivity index is 1.54. The van der Waals surface area contributed by atoms with Crippen LogP contribution in [0.3, 0.4) is 0 Å². The monoisotopic (exact) mass is 427 g/mol. The van der Waals surface area contributed by atoms with E-state index in [2.05, 4.69) is 10.3 Å². The minimum atomic E-state index is -4.43. The number of hydrogen-bond donors (Lipinski definition) is 1. The summed E-state index contributed by atoms with van der Waals surface area (Å²) >= 11 is 0. The molecule has 1 aliphatic carbocycles. The highest BCUT2D eigenvalue weighted by molar-refractivity contribution is 5.99. The number of rotatable bonds is 5. The largest absolute Gasteiger partial charge is 0.416 e. The van der Waals surface area contributed by atoms with Crippen molar-refractivity contribution in [3.63, 3.8) is 0 Å². The van der Waals surface area contributed by atoms with Gasteiger partial charge in [0.15, 0.2) is 0 Å². The Kier molecular flexibility index (Phi) is 5.60. The molecule has 162 valence electrons. The summed E-state index contributed by atoms with van der Waals surface area (Å²) in [6, 6.07) is 12.7. The van der Waals surface area contributed by atoms with E-state index in [1.165, 1.54) is 6.07 Å². The maximum absolute atomic E-state index is 13.3. The Morgan fingerprint density at radius 1 is 1.13 bits per heavy atom. The number of nitrogens with one attached hydrogen (secondary N) is 1. The van der Waals surface area contributed by atoms with Gasteiger partial charge in [0.1, 0.15) is 5.82 Å². The van der Waals surface area contributed by atoms with E-state index in [1.807, 2.05) is 42.0 Å². The fourth-order valence-corrected chi connectivity index (χ4v) is 4.33. The van der Waals surface area contributed by atoms with E-state index in [0.29, 0.717) is 30.6 Å². The topological polar surface area (TPSA) is 46.9 Å². The first-order valence-electron chi connectivity index (χ1n) is 10.3. The van der Waals surface area contributed by atoms with Crippen molar-refractivity contribution in [1.82, 2.24) is 9.55 Å². The van der Waals surface area contributed by atoms with E-state index in [1.54, 1.807) is 12.3 Å². The highest BCUT2D eigenvalue weighted by atomic mass is 19.4. The van der Waals surface area contributed by atoms with Gasteiger partial charge < -0.3 is 9.88 Å². The molecule has 0 aliphatic heterocycles. The van der Waals surface area contributed by atoms with Crippen molar-refractivity contribution in [2.75, 3.05) is 5.32 Å². The summed E-state index contributed by atoms with van der Waals surface area (Å²) in [6.45, 7) is 2.61. The van der Waals surface area contributed by atoms with Gasteiger partial charge in [-0.15, -0.1) is 0 Å². The first-order chi connectivity index (χ1) is 14.8. The molecule has 0 bridgehead atoms. The molecule has 31 heavy (non-hydrogen) atoms. The quantitative estimate of drug-likeness (QED) is 0.567. The lowest BCUT2D eigenvalue weighted by Gasteiger charge is -2.29. The van der Waals surface area contributed by atoms with Gasteiger partial charge in [0.2, 0.25) is 5.91 Å². The number of aryl methyl sites for hydroxylation is 1. The average Bonchev–Trinajstić information content (AvgIpc) is 3.39. The second-order valence-corrected chi connectivity index (χ2v) is 8.12. The van der Waals surface area contributed by atoms with E-state index >= 15 is 0 Å². The Bertz CT molecular complexity index is 1060. The van der Waals surface area contributed by atoms with Crippen molar-refractivity contribution in [3.8, 4) is 0 Å². The number of anilines is 1. The van der Waals surface area contributed by atoms with Crippen molar-refractivity contribution in [1.29, 1.82) is 0 Å². The van der Waals surface area contributed by atoms with Gasteiger partial charge in [0, 0.05) is 24.6 Å². The van der Waals surface area contributed by atoms with Crippen LogP contribution in [0, 0.1) is 6.92 Å². The van der Waals surface area contributed by atoms with Crippen LogP contribution in [0.25, 0.3) is 0 Å². The number of hydrogen-bond acceptors (Lipinski definition) is 2. The maximum Gasteiger partial charge on any atom is 0.416 e. The molecule has 0 radical (unpaired) electrons. The molecule has 0 unspecified atom stereocenters. The van der Waals surface area contributed by atoms with Crippen LogP contribution in [-0.2, 0) is 22.9 Å². The van der Waals surface area contributed by atoms with Gasteiger partial charge in [0.05, 0.1) is 11.0 Å². The number of carbonyl (C=O) groups is 1. The Morgan fingerprint density at radius 2 is 1.84 bits per heavy atom. The number of nitrogens with zero attached hydrogens (tertiary/aromatic N) is 2. The average molecular weight is 427 g/mol. The number of amides is 1. The zero-order valence-electron chi connectivity index (χ0n) is 17.2. The number of halogens is 3. The summed E-state index contributed by atoms with van der Waals surface area (Å²) in [5.41, 5.74) is 0.475. The van der Waals surface area contributed by atoms with Gasteiger partial charge in [0.25, 0.3) is 0 Å². The molecule has 2 aromatic carbocycles. The zero-order valence-corrected chi connectivity index (χ0v) is 17.2. The molecule has 0 spiro atoms. The van der Waals surface area contributed by atoms with Gasteiger partial charge in [-0.25, -0.2) is 4.98 Å². The molecule has 3 aromatic rings. The summed E-state index contributed by atoms with van der Waals surface area (Å²) < 4.78 is 41.7. The third-order valence-electron chi connectivity index (χ3n) is 6.12. The predicted octanol–water partition coefficient (Wildman–Crippen LogP) is 5.71. The lowest BCUT2D eigenvalue weighted by Crippen LogP contribution is -2.38. The van der Waals surface area contributed by atoms with Crippen molar-refractivity contribution in [2.45, 2.75) is 50.7 Å². The van der Waals surface area contributed by atoms with E-state index in [-0.39, 0.29) is 5.91 Å². The van der Waals surface area contributed by atoms with Gasteiger partial charge in [-0.1, -0.05) is 43.2 Å². The molecule has 1 N–H and O–H groups in total. The molecule has 4 nitrogen and oxygen atoms in total. The molecule has 0 saturated heterocycles. The smallest absolute Gasteiger partial charge is 0.331 e. The zero-order chi connectivity index (χ0) is 22.1. The molecule has 1 saturated carbocycles. The SMILES string of the molecule is Cc1nccn1Cc1ccc(NC(=O)C2(c3cccc(C(F)(F)F)c3)CCCC2)cc1. The van der Waals surface area contributed by atoms with E-state index in [0.717, 1.165) is 36.4 Å². The fraction of sp³-hybridized carbons (Fsp3) is 0.333. The number of imidazole rings is 1. The van der Waals surface area contributed by atoms with Crippen molar-refractivity contribution in [3.05, 3.63) is 83.4 Å². The van der Waals surface area contributed by atoms with Crippen LogP contribution in [0.5, 0.6) is 0 Å². The van der Waals surface area contributed by atoms with Gasteiger partial charge in [-0.05, 0) is 49.1 Å². The van der Waals surface area contributed by atoms with Crippen molar-refractivity contribution < 1.29 is 18.0 Å². The second kappa shape index (κ2) is 8.21. The van der Waals surface area contributed by atoms with Crippen molar-refractivity contribution in [2.24, 2.45) is 0 Å². The summed E-state index contributed by atoms with van der Waals surface area (Å²) in [7, 11) is 0. The van der Waals surface area contributed by atoms with Crippen LogP contribution in [0.15, 0.2) is 60.9 Å². The molecule has 0 atom stereocenters. The van der Waals surface area contributed by atoms with E-state index in [9.17, 15) is 18.0 Å². The molecule has 1 aliphatic rings. The minimum absolute atomic E-state index is 0.248. The van der Waals surface area contributed by atoms with Gasteiger partial charge in [-0.2, -0.15) is 13.2 Å². The molecule has 7 heteroatoms. The predicted molar refractivity (Wildman–Crippen MR) is 113 cm³/mol. The van der Waals surface area contributed by atoms with Crippen molar-refractivity contribution >= 4 is 11.6 Å². The number of carbonyl (C=O) groups excluding carboxylic acids is 1. The van der Waals surface area contributed by atoms with Gasteiger partial charge in [-0.3, -0.25) is 4.79 Å². The molecule has 4 rings (SSSR count). The third kappa shape index (κ3) is 4.36. The fourth-order valence-electron chi connectivity index (χ4n) is 4.33. The molecule has 1 heterocycles. The normalized spacial score (nSPS) is 15.7. The molecular formula is C24H24F3N3O. The van der Waals surface area contributed by atoms with Crippen LogP contribution in [0.1, 0.15) is 48.2 Å². The number of aromatic nitrogens is 2. The Hall–Kier alpha value is -3.09. The highest BCUT2D eigenvalue weighted by Crippen LogP contribution is 2.43. The lowest BCUT2D eigenvalue weighted by molar-refractivity contribution is -0.137.